The van der Waals surface area contributed by atoms with Gasteiger partial charge in [0.15, 0.2) is 0 Å². The van der Waals surface area contributed by atoms with Gasteiger partial charge in [-0.05, 0) is 54.8 Å². The number of carbonyl (C=O) groups excluding carboxylic acids is 2. The number of fused-ring (bicyclic) bond motifs is 1. The molecule has 1 aliphatic rings. The Morgan fingerprint density at radius 1 is 1.06 bits per heavy atom. The van der Waals surface area contributed by atoms with Crippen LogP contribution < -0.4 is 14.9 Å². The minimum atomic E-state index is -3.99. The fourth-order valence-electron chi connectivity index (χ4n) is 3.98. The zero-order valence-electron chi connectivity index (χ0n) is 19.0. The summed E-state index contributed by atoms with van der Waals surface area (Å²) >= 11 is 6.23. The third kappa shape index (κ3) is 5.02. The van der Waals surface area contributed by atoms with Gasteiger partial charge in [-0.3, -0.25) is 24.0 Å². The van der Waals surface area contributed by atoms with Gasteiger partial charge in [-0.2, -0.15) is 0 Å². The van der Waals surface area contributed by atoms with E-state index in [2.05, 4.69) is 10.6 Å². The van der Waals surface area contributed by atoms with Gasteiger partial charge in [0.1, 0.15) is 5.56 Å². The van der Waals surface area contributed by atoms with Crippen LogP contribution in [0.15, 0.2) is 65.6 Å². The second-order valence-electron chi connectivity index (χ2n) is 8.08. The molecular weight excluding hydrogens is 508 g/mol. The van der Waals surface area contributed by atoms with Crippen LogP contribution in [0.4, 0.5) is 22.7 Å². The maximum Gasteiger partial charge on any atom is 0.282 e. The number of amides is 2. The van der Waals surface area contributed by atoms with E-state index in [1.807, 2.05) is 12.1 Å². The second kappa shape index (κ2) is 9.96. The van der Waals surface area contributed by atoms with E-state index in [4.69, 9.17) is 11.6 Å². The summed E-state index contributed by atoms with van der Waals surface area (Å²) in [5.41, 5.74) is 0.833. The number of aryl methyl sites for hydroxylation is 1. The van der Waals surface area contributed by atoms with Crippen LogP contribution in [0.5, 0.6) is 0 Å². The van der Waals surface area contributed by atoms with E-state index in [1.54, 1.807) is 12.1 Å². The van der Waals surface area contributed by atoms with Crippen molar-refractivity contribution in [2.45, 2.75) is 24.7 Å². The number of sulfonamides is 1. The predicted octanol–water partition coefficient (Wildman–Crippen LogP) is 4.60. The number of halogens is 1. The molecule has 0 aliphatic carbocycles. The summed E-state index contributed by atoms with van der Waals surface area (Å²) in [5, 5.41) is 16.4. The van der Waals surface area contributed by atoms with E-state index in [0.717, 1.165) is 24.1 Å². The molecule has 2 N–H and O–H groups in total. The van der Waals surface area contributed by atoms with Crippen LogP contribution in [0.25, 0.3) is 0 Å². The lowest BCUT2D eigenvalue weighted by Gasteiger charge is -2.30. The molecule has 0 atom stereocenters. The molecule has 186 valence electrons. The van der Waals surface area contributed by atoms with Crippen molar-refractivity contribution in [1.29, 1.82) is 0 Å². The lowest BCUT2D eigenvalue weighted by molar-refractivity contribution is -0.385. The van der Waals surface area contributed by atoms with Gasteiger partial charge >= 0.3 is 0 Å². The number of nitro groups is 1. The highest BCUT2D eigenvalue weighted by Gasteiger charge is 2.30. The molecule has 1 heterocycles. The van der Waals surface area contributed by atoms with Crippen molar-refractivity contribution in [1.82, 2.24) is 0 Å². The van der Waals surface area contributed by atoms with E-state index in [9.17, 15) is 28.1 Å². The number of carbonyl (C=O) groups is 2. The first kappa shape index (κ1) is 25.1. The fraction of sp³-hybridized carbons (Fsp3) is 0.167. The highest BCUT2D eigenvalue weighted by molar-refractivity contribution is 7.92. The third-order valence-electron chi connectivity index (χ3n) is 5.60. The van der Waals surface area contributed by atoms with Gasteiger partial charge in [0.2, 0.25) is 5.91 Å². The number of hydrogen-bond acceptors (Lipinski definition) is 6. The maximum atomic E-state index is 13.5. The number of benzene rings is 3. The highest BCUT2D eigenvalue weighted by atomic mass is 35.5. The van der Waals surface area contributed by atoms with Crippen LogP contribution in [0.1, 0.15) is 29.3 Å². The first-order chi connectivity index (χ1) is 17.1. The van der Waals surface area contributed by atoms with Gasteiger partial charge in [0.25, 0.3) is 21.6 Å². The topological polar surface area (TPSA) is 139 Å². The van der Waals surface area contributed by atoms with E-state index >= 15 is 0 Å². The third-order valence-corrected chi connectivity index (χ3v) is 7.74. The molecule has 3 aromatic rings. The summed E-state index contributed by atoms with van der Waals surface area (Å²) in [7, 11) is -3.99. The smallest absolute Gasteiger partial charge is 0.282 e. The zero-order chi connectivity index (χ0) is 26.0. The molecule has 0 aromatic heterocycles. The maximum absolute atomic E-state index is 13.5. The lowest BCUT2D eigenvalue weighted by Crippen LogP contribution is -2.35. The molecule has 0 saturated carbocycles. The Bertz CT molecular complexity index is 1490. The molecule has 3 aromatic carbocycles. The number of anilines is 3. The van der Waals surface area contributed by atoms with E-state index in [-0.39, 0.29) is 26.9 Å². The monoisotopic (exact) mass is 528 g/mol. The lowest BCUT2D eigenvalue weighted by atomic mass is 10.0. The molecule has 4 rings (SSSR count). The summed E-state index contributed by atoms with van der Waals surface area (Å²) in [6.45, 7) is 1.55. The van der Waals surface area contributed by atoms with Crippen molar-refractivity contribution in [2.75, 3.05) is 21.5 Å². The molecule has 2 amide bonds. The van der Waals surface area contributed by atoms with Crippen molar-refractivity contribution in [3.8, 4) is 0 Å². The summed E-state index contributed by atoms with van der Waals surface area (Å²) in [6.07, 6.45) is 1.42. The average Bonchev–Trinajstić information content (AvgIpc) is 2.84. The Labute approximate surface area is 212 Å². The molecule has 0 radical (unpaired) electrons. The number of nitro benzene ring substituents is 1. The van der Waals surface area contributed by atoms with Gasteiger partial charge in [0.05, 0.1) is 26.2 Å². The van der Waals surface area contributed by atoms with E-state index in [0.29, 0.717) is 18.7 Å². The van der Waals surface area contributed by atoms with Crippen LogP contribution in [0.2, 0.25) is 5.02 Å². The van der Waals surface area contributed by atoms with Gasteiger partial charge < -0.3 is 10.6 Å². The Morgan fingerprint density at radius 3 is 2.53 bits per heavy atom. The Morgan fingerprint density at radius 2 is 1.81 bits per heavy atom. The van der Waals surface area contributed by atoms with Crippen molar-refractivity contribution in [3.63, 3.8) is 0 Å². The molecule has 0 bridgehead atoms. The fourth-order valence-corrected chi connectivity index (χ4v) is 5.72. The standard InChI is InChI=1S/C24H21ClN4O6S/c1-15(30)26-17-8-11-23(29(32)33)19(13-17)24(31)27-21-14-18(9-10-20(21)25)36(34,35)28-12-4-6-16-5-2-3-7-22(16)28/h2-3,5,7-11,13-14H,4,6,12H2,1H3,(H,26,30)(H,27,31). The molecule has 0 unspecified atom stereocenters. The van der Waals surface area contributed by atoms with Crippen molar-refractivity contribution in [2.24, 2.45) is 0 Å². The van der Waals surface area contributed by atoms with Crippen LogP contribution in [0, 0.1) is 10.1 Å². The number of hydrogen-bond donors (Lipinski definition) is 2. The molecule has 10 nitrogen and oxygen atoms in total. The summed E-state index contributed by atoms with van der Waals surface area (Å²) in [6, 6.07) is 14.7. The van der Waals surface area contributed by atoms with Gasteiger partial charge in [-0.1, -0.05) is 29.8 Å². The molecule has 12 heteroatoms. The van der Waals surface area contributed by atoms with Gasteiger partial charge in [-0.15, -0.1) is 0 Å². The molecule has 1 aliphatic heterocycles. The first-order valence-electron chi connectivity index (χ1n) is 10.9. The van der Waals surface area contributed by atoms with Crippen molar-refractivity contribution in [3.05, 3.63) is 86.9 Å². The van der Waals surface area contributed by atoms with Crippen LogP contribution >= 0.6 is 11.6 Å². The van der Waals surface area contributed by atoms with Crippen LogP contribution in [0.3, 0.4) is 0 Å². The number of nitrogens with zero attached hydrogens (tertiary/aromatic N) is 2. The predicted molar refractivity (Wildman–Crippen MR) is 136 cm³/mol. The number of nitrogens with one attached hydrogen (secondary N) is 2. The number of rotatable bonds is 6. The Hall–Kier alpha value is -3.96. The van der Waals surface area contributed by atoms with Crippen LogP contribution in [-0.4, -0.2) is 31.7 Å². The van der Waals surface area contributed by atoms with Crippen LogP contribution in [-0.2, 0) is 21.2 Å². The second-order valence-corrected chi connectivity index (χ2v) is 10.3. The summed E-state index contributed by atoms with van der Waals surface area (Å²) < 4.78 is 28.3. The summed E-state index contributed by atoms with van der Waals surface area (Å²) in [4.78, 5) is 35.0. The van der Waals surface area contributed by atoms with E-state index < -0.39 is 32.4 Å². The van der Waals surface area contributed by atoms with Crippen molar-refractivity contribution < 1.29 is 22.9 Å². The summed E-state index contributed by atoms with van der Waals surface area (Å²) in [5.74, 6) is -1.32. The molecular formula is C24H21ClN4O6S. The normalized spacial score (nSPS) is 13.0. The number of para-hydroxylation sites is 1. The first-order valence-corrected chi connectivity index (χ1v) is 12.7. The zero-order valence-corrected chi connectivity index (χ0v) is 20.6. The average molecular weight is 529 g/mol. The molecule has 0 fully saturated rings. The minimum absolute atomic E-state index is 0.0349. The molecule has 0 saturated heterocycles. The van der Waals surface area contributed by atoms with Crippen molar-refractivity contribution >= 4 is 56.2 Å². The Kier molecular flexibility index (Phi) is 6.95. The minimum Gasteiger partial charge on any atom is -0.326 e. The van der Waals surface area contributed by atoms with Gasteiger partial charge in [-0.25, -0.2) is 8.42 Å². The largest absolute Gasteiger partial charge is 0.326 e. The Balaban J connectivity index is 1.68. The molecule has 0 spiro atoms. The van der Waals surface area contributed by atoms with E-state index in [1.165, 1.54) is 35.5 Å². The molecule has 36 heavy (non-hydrogen) atoms. The SMILES string of the molecule is CC(=O)Nc1ccc([N+](=O)[O-])c(C(=O)Nc2cc(S(=O)(=O)N3CCCc4ccccc43)ccc2Cl)c1. The highest BCUT2D eigenvalue weighted by Crippen LogP contribution is 2.34. The quantitative estimate of drug-likeness (QED) is 0.354. The van der Waals surface area contributed by atoms with Gasteiger partial charge in [0, 0.05) is 25.2 Å².